The van der Waals surface area contributed by atoms with Crippen LogP contribution >= 0.6 is 0 Å². The lowest BCUT2D eigenvalue weighted by Crippen LogP contribution is -2.38. The molecule has 0 spiro atoms. The van der Waals surface area contributed by atoms with E-state index in [4.69, 9.17) is 5.11 Å². The molecule has 0 aliphatic heterocycles. The van der Waals surface area contributed by atoms with Crippen molar-refractivity contribution in [3.8, 4) is 0 Å². The Morgan fingerprint density at radius 1 is 1.21 bits per heavy atom. The minimum absolute atomic E-state index is 0.0526. The monoisotopic (exact) mass is 264 g/mol. The van der Waals surface area contributed by atoms with Crippen molar-refractivity contribution in [3.63, 3.8) is 0 Å². The van der Waals surface area contributed by atoms with E-state index in [2.05, 4.69) is 10.3 Å². The molecule has 1 amide bonds. The maximum Gasteiger partial charge on any atom is 0.337 e. The summed E-state index contributed by atoms with van der Waals surface area (Å²) in [5.41, 5.74) is 0.258. The lowest BCUT2D eigenvalue weighted by molar-refractivity contribution is 0.0695. The van der Waals surface area contributed by atoms with Crippen molar-refractivity contribution in [2.45, 2.75) is 37.8 Å². The number of aliphatic hydroxyl groups is 1. The van der Waals surface area contributed by atoms with Gasteiger partial charge in [-0.2, -0.15) is 0 Å². The molecular weight excluding hydrogens is 248 g/mol. The van der Waals surface area contributed by atoms with Gasteiger partial charge in [0.2, 0.25) is 0 Å². The zero-order chi connectivity index (χ0) is 13.8. The fourth-order valence-corrected chi connectivity index (χ4v) is 2.13. The molecule has 2 rings (SSSR count). The van der Waals surface area contributed by atoms with E-state index in [0.717, 1.165) is 12.8 Å². The molecule has 1 aliphatic carbocycles. The van der Waals surface area contributed by atoms with Crippen LogP contribution < -0.4 is 5.32 Å². The Morgan fingerprint density at radius 2 is 1.89 bits per heavy atom. The third kappa shape index (κ3) is 3.51. The first-order valence-electron chi connectivity index (χ1n) is 6.24. The van der Waals surface area contributed by atoms with E-state index in [1.165, 1.54) is 18.3 Å². The summed E-state index contributed by atoms with van der Waals surface area (Å²) in [6.45, 7) is 0. The van der Waals surface area contributed by atoms with E-state index < -0.39 is 5.97 Å². The number of carboxylic acid groups (broad SMARTS) is 1. The normalized spacial score (nSPS) is 22.8. The molecule has 0 bridgehead atoms. The van der Waals surface area contributed by atoms with Crippen molar-refractivity contribution >= 4 is 11.9 Å². The number of aliphatic hydroxyl groups excluding tert-OH is 1. The van der Waals surface area contributed by atoms with Gasteiger partial charge in [-0.1, -0.05) is 0 Å². The Kier molecular flexibility index (Phi) is 4.11. The number of amides is 1. The highest BCUT2D eigenvalue weighted by atomic mass is 16.4. The SMILES string of the molecule is O=C(O)c1ccc(C(=O)NC2CCC(O)CC2)nc1. The van der Waals surface area contributed by atoms with E-state index in [0.29, 0.717) is 12.8 Å². The van der Waals surface area contributed by atoms with Crippen LogP contribution in [0.25, 0.3) is 0 Å². The lowest BCUT2D eigenvalue weighted by atomic mass is 9.93. The number of hydrogen-bond acceptors (Lipinski definition) is 4. The van der Waals surface area contributed by atoms with Crippen molar-refractivity contribution in [1.82, 2.24) is 10.3 Å². The second kappa shape index (κ2) is 5.79. The van der Waals surface area contributed by atoms with E-state index in [1.54, 1.807) is 0 Å². The van der Waals surface area contributed by atoms with E-state index in [-0.39, 0.29) is 29.3 Å². The highest BCUT2D eigenvalue weighted by molar-refractivity contribution is 5.93. The van der Waals surface area contributed by atoms with Gasteiger partial charge in [0, 0.05) is 12.2 Å². The molecule has 6 nitrogen and oxygen atoms in total. The van der Waals surface area contributed by atoms with Crippen LogP contribution in [0.15, 0.2) is 18.3 Å². The molecule has 1 heterocycles. The predicted molar refractivity (Wildman–Crippen MR) is 66.9 cm³/mol. The number of rotatable bonds is 3. The predicted octanol–water partition coefficient (Wildman–Crippen LogP) is 0.813. The third-order valence-electron chi connectivity index (χ3n) is 3.27. The molecule has 6 heteroatoms. The molecule has 19 heavy (non-hydrogen) atoms. The topological polar surface area (TPSA) is 99.5 Å². The number of nitrogens with one attached hydrogen (secondary N) is 1. The molecule has 1 aromatic heterocycles. The Balaban J connectivity index is 1.94. The maximum atomic E-state index is 11.9. The second-order valence-corrected chi connectivity index (χ2v) is 4.72. The van der Waals surface area contributed by atoms with Crippen LogP contribution in [0.1, 0.15) is 46.5 Å². The van der Waals surface area contributed by atoms with Crippen molar-refractivity contribution in [3.05, 3.63) is 29.6 Å². The zero-order valence-electron chi connectivity index (χ0n) is 10.4. The molecule has 1 saturated carbocycles. The highest BCUT2D eigenvalue weighted by Crippen LogP contribution is 2.18. The number of carbonyl (C=O) groups is 2. The van der Waals surface area contributed by atoms with Crippen LogP contribution in [0.3, 0.4) is 0 Å². The van der Waals surface area contributed by atoms with Crippen LogP contribution in [-0.4, -0.2) is 39.2 Å². The summed E-state index contributed by atoms with van der Waals surface area (Å²) in [7, 11) is 0. The Hall–Kier alpha value is -1.95. The average Bonchev–Trinajstić information content (AvgIpc) is 2.41. The van der Waals surface area contributed by atoms with E-state index in [1.807, 2.05) is 0 Å². The fraction of sp³-hybridized carbons (Fsp3) is 0.462. The molecule has 1 aliphatic rings. The van der Waals surface area contributed by atoms with Crippen molar-refractivity contribution in [2.24, 2.45) is 0 Å². The smallest absolute Gasteiger partial charge is 0.337 e. The minimum Gasteiger partial charge on any atom is -0.478 e. The summed E-state index contributed by atoms with van der Waals surface area (Å²) in [5.74, 6) is -1.38. The van der Waals surface area contributed by atoms with E-state index >= 15 is 0 Å². The first kappa shape index (κ1) is 13.5. The van der Waals surface area contributed by atoms with Crippen LogP contribution in [0, 0.1) is 0 Å². The van der Waals surface area contributed by atoms with Gasteiger partial charge in [0.1, 0.15) is 5.69 Å². The van der Waals surface area contributed by atoms with Crippen LogP contribution in [0.4, 0.5) is 0 Å². The van der Waals surface area contributed by atoms with Gasteiger partial charge in [-0.05, 0) is 37.8 Å². The van der Waals surface area contributed by atoms with Gasteiger partial charge in [-0.3, -0.25) is 9.78 Å². The first-order valence-corrected chi connectivity index (χ1v) is 6.24. The molecule has 3 N–H and O–H groups in total. The maximum absolute atomic E-state index is 11.9. The third-order valence-corrected chi connectivity index (χ3v) is 3.27. The number of carboxylic acids is 1. The standard InChI is InChI=1S/C13H16N2O4/c16-10-4-2-9(3-5-10)15-12(17)11-6-1-8(7-14-11)13(18)19/h1,6-7,9-10,16H,2-5H2,(H,15,17)(H,18,19). The number of nitrogens with zero attached hydrogens (tertiary/aromatic N) is 1. The van der Waals surface area contributed by atoms with Gasteiger partial charge in [-0.25, -0.2) is 4.79 Å². The van der Waals surface area contributed by atoms with Gasteiger partial charge in [-0.15, -0.1) is 0 Å². The first-order chi connectivity index (χ1) is 9.06. The average molecular weight is 264 g/mol. The molecule has 1 aromatic rings. The van der Waals surface area contributed by atoms with Crippen LogP contribution in [0.5, 0.6) is 0 Å². The summed E-state index contributed by atoms with van der Waals surface area (Å²) in [4.78, 5) is 26.4. The number of aromatic nitrogens is 1. The molecule has 102 valence electrons. The summed E-state index contributed by atoms with van der Waals surface area (Å²) in [6, 6.07) is 2.81. The Bertz CT molecular complexity index is 464. The van der Waals surface area contributed by atoms with Crippen molar-refractivity contribution in [2.75, 3.05) is 0 Å². The Labute approximate surface area is 110 Å². The van der Waals surface area contributed by atoms with Gasteiger partial charge in [0.25, 0.3) is 5.91 Å². The molecule has 0 saturated heterocycles. The second-order valence-electron chi connectivity index (χ2n) is 4.72. The molecule has 0 aromatic carbocycles. The quantitative estimate of drug-likeness (QED) is 0.750. The van der Waals surface area contributed by atoms with Crippen LogP contribution in [-0.2, 0) is 0 Å². The fourth-order valence-electron chi connectivity index (χ4n) is 2.13. The largest absolute Gasteiger partial charge is 0.478 e. The number of pyridine rings is 1. The van der Waals surface area contributed by atoms with Crippen molar-refractivity contribution < 1.29 is 19.8 Å². The lowest BCUT2D eigenvalue weighted by Gasteiger charge is -2.25. The summed E-state index contributed by atoms with van der Waals surface area (Å²) in [6.07, 6.45) is 3.79. The number of carbonyl (C=O) groups excluding carboxylic acids is 1. The molecule has 0 radical (unpaired) electrons. The molecule has 1 fully saturated rings. The summed E-state index contributed by atoms with van der Waals surface area (Å²) < 4.78 is 0. The summed E-state index contributed by atoms with van der Waals surface area (Å²) >= 11 is 0. The zero-order valence-corrected chi connectivity index (χ0v) is 10.4. The van der Waals surface area contributed by atoms with Gasteiger partial charge < -0.3 is 15.5 Å². The molecule has 0 atom stereocenters. The number of aromatic carboxylic acids is 1. The number of hydrogen-bond donors (Lipinski definition) is 3. The van der Waals surface area contributed by atoms with E-state index in [9.17, 15) is 14.7 Å². The Morgan fingerprint density at radius 3 is 2.42 bits per heavy atom. The van der Waals surface area contributed by atoms with Crippen LogP contribution in [0.2, 0.25) is 0 Å². The molecule has 0 unspecified atom stereocenters. The highest BCUT2D eigenvalue weighted by Gasteiger charge is 2.21. The molecular formula is C13H16N2O4. The van der Waals surface area contributed by atoms with Gasteiger partial charge in [0.15, 0.2) is 0 Å². The van der Waals surface area contributed by atoms with Crippen molar-refractivity contribution in [1.29, 1.82) is 0 Å². The minimum atomic E-state index is -1.07. The summed E-state index contributed by atoms with van der Waals surface area (Å²) in [5, 5.41) is 21.0. The van der Waals surface area contributed by atoms with Gasteiger partial charge >= 0.3 is 5.97 Å². The van der Waals surface area contributed by atoms with Gasteiger partial charge in [0.05, 0.1) is 11.7 Å².